The SMILES string of the molecule is CCc1nc(-c2cscn2)nc(CC)c1CCN. The zero-order valence-corrected chi connectivity index (χ0v) is 11.6. The second-order valence-corrected chi connectivity index (χ2v) is 4.76. The molecule has 2 aromatic heterocycles. The number of nitrogens with zero attached hydrogens (tertiary/aromatic N) is 3. The van der Waals surface area contributed by atoms with Crippen LogP contribution in [0.4, 0.5) is 0 Å². The van der Waals surface area contributed by atoms with Gasteiger partial charge in [0.25, 0.3) is 0 Å². The lowest BCUT2D eigenvalue weighted by atomic mass is 10.0. The Morgan fingerprint density at radius 1 is 1.17 bits per heavy atom. The number of hydrogen-bond acceptors (Lipinski definition) is 5. The molecule has 0 fully saturated rings. The van der Waals surface area contributed by atoms with E-state index in [1.807, 2.05) is 10.9 Å². The summed E-state index contributed by atoms with van der Waals surface area (Å²) < 4.78 is 0. The van der Waals surface area contributed by atoms with Gasteiger partial charge in [0, 0.05) is 16.8 Å². The maximum Gasteiger partial charge on any atom is 0.179 e. The molecule has 0 unspecified atom stereocenters. The van der Waals surface area contributed by atoms with Crippen LogP contribution in [0.15, 0.2) is 10.9 Å². The summed E-state index contributed by atoms with van der Waals surface area (Å²) in [5.74, 6) is 0.741. The fourth-order valence-electron chi connectivity index (χ4n) is 2.04. The molecule has 0 atom stereocenters. The summed E-state index contributed by atoms with van der Waals surface area (Å²) in [7, 11) is 0. The Balaban J connectivity index is 2.52. The Hall–Kier alpha value is -1.33. The molecule has 2 rings (SSSR count). The highest BCUT2D eigenvalue weighted by atomic mass is 32.1. The number of hydrogen-bond donors (Lipinski definition) is 1. The molecule has 5 heteroatoms. The van der Waals surface area contributed by atoms with E-state index in [0.717, 1.165) is 42.2 Å². The van der Waals surface area contributed by atoms with Crippen LogP contribution in [0.25, 0.3) is 11.5 Å². The molecular weight excluding hydrogens is 244 g/mol. The highest BCUT2D eigenvalue weighted by molar-refractivity contribution is 7.07. The van der Waals surface area contributed by atoms with E-state index >= 15 is 0 Å². The first-order chi connectivity index (χ1) is 8.80. The largest absolute Gasteiger partial charge is 0.330 e. The van der Waals surface area contributed by atoms with Gasteiger partial charge in [-0.05, 0) is 31.4 Å². The van der Waals surface area contributed by atoms with Crippen LogP contribution in [0.3, 0.4) is 0 Å². The smallest absolute Gasteiger partial charge is 0.179 e. The van der Waals surface area contributed by atoms with Gasteiger partial charge in [-0.1, -0.05) is 13.8 Å². The zero-order chi connectivity index (χ0) is 13.0. The summed E-state index contributed by atoms with van der Waals surface area (Å²) in [5.41, 5.74) is 11.8. The predicted octanol–water partition coefficient (Wildman–Crippen LogP) is 2.23. The van der Waals surface area contributed by atoms with Crippen molar-refractivity contribution in [3.8, 4) is 11.5 Å². The van der Waals surface area contributed by atoms with Crippen molar-refractivity contribution in [2.75, 3.05) is 6.54 Å². The van der Waals surface area contributed by atoms with Gasteiger partial charge in [0.2, 0.25) is 0 Å². The monoisotopic (exact) mass is 262 g/mol. The molecule has 0 spiro atoms. The first-order valence-electron chi connectivity index (χ1n) is 6.27. The van der Waals surface area contributed by atoms with Gasteiger partial charge in [0.1, 0.15) is 5.69 Å². The van der Waals surface area contributed by atoms with Gasteiger partial charge in [-0.3, -0.25) is 0 Å². The van der Waals surface area contributed by atoms with E-state index in [0.29, 0.717) is 6.54 Å². The molecule has 18 heavy (non-hydrogen) atoms. The normalized spacial score (nSPS) is 10.8. The van der Waals surface area contributed by atoms with E-state index in [9.17, 15) is 0 Å². The number of aryl methyl sites for hydroxylation is 2. The molecule has 2 heterocycles. The average molecular weight is 262 g/mol. The molecule has 0 bridgehead atoms. The summed E-state index contributed by atoms with van der Waals surface area (Å²) in [4.78, 5) is 13.6. The molecule has 0 amide bonds. The maximum atomic E-state index is 5.67. The van der Waals surface area contributed by atoms with E-state index in [1.165, 1.54) is 5.56 Å². The van der Waals surface area contributed by atoms with E-state index in [4.69, 9.17) is 5.73 Å². The third-order valence-electron chi connectivity index (χ3n) is 2.90. The molecular formula is C13H18N4S. The second-order valence-electron chi connectivity index (χ2n) is 4.04. The van der Waals surface area contributed by atoms with Crippen molar-refractivity contribution < 1.29 is 0 Å². The lowest BCUT2D eigenvalue weighted by Gasteiger charge is -2.12. The molecule has 96 valence electrons. The van der Waals surface area contributed by atoms with Crippen LogP contribution in [0.5, 0.6) is 0 Å². The van der Waals surface area contributed by atoms with Crippen molar-refractivity contribution in [2.45, 2.75) is 33.1 Å². The lowest BCUT2D eigenvalue weighted by Crippen LogP contribution is -2.12. The van der Waals surface area contributed by atoms with Crippen LogP contribution in [0, 0.1) is 0 Å². The van der Waals surface area contributed by atoms with Gasteiger partial charge in [-0.2, -0.15) is 0 Å². The first-order valence-corrected chi connectivity index (χ1v) is 7.21. The third kappa shape index (κ3) is 2.57. The van der Waals surface area contributed by atoms with E-state index in [2.05, 4.69) is 28.8 Å². The summed E-state index contributed by atoms with van der Waals surface area (Å²) >= 11 is 1.56. The molecule has 0 aromatic carbocycles. The van der Waals surface area contributed by atoms with Gasteiger partial charge >= 0.3 is 0 Å². The van der Waals surface area contributed by atoms with Gasteiger partial charge in [-0.15, -0.1) is 11.3 Å². The van der Waals surface area contributed by atoms with Crippen LogP contribution < -0.4 is 5.73 Å². The molecule has 0 aliphatic carbocycles. The van der Waals surface area contributed by atoms with Crippen molar-refractivity contribution in [3.05, 3.63) is 27.8 Å². The fourth-order valence-corrected chi connectivity index (χ4v) is 2.57. The average Bonchev–Trinajstić information content (AvgIpc) is 2.93. The highest BCUT2D eigenvalue weighted by Crippen LogP contribution is 2.20. The summed E-state index contributed by atoms with van der Waals surface area (Å²) in [5, 5.41) is 1.98. The van der Waals surface area contributed by atoms with Crippen LogP contribution in [-0.2, 0) is 19.3 Å². The van der Waals surface area contributed by atoms with Crippen molar-refractivity contribution >= 4 is 11.3 Å². The van der Waals surface area contributed by atoms with Gasteiger partial charge in [0.05, 0.1) is 5.51 Å². The van der Waals surface area contributed by atoms with E-state index in [1.54, 1.807) is 11.3 Å². The molecule has 0 radical (unpaired) electrons. The zero-order valence-electron chi connectivity index (χ0n) is 10.8. The van der Waals surface area contributed by atoms with Crippen LogP contribution in [0.1, 0.15) is 30.8 Å². The molecule has 0 aliphatic heterocycles. The molecule has 0 saturated carbocycles. The number of aromatic nitrogens is 3. The summed E-state index contributed by atoms with van der Waals surface area (Å²) in [6.45, 7) is 4.87. The first kappa shape index (κ1) is 13.1. The minimum absolute atomic E-state index is 0.638. The fraction of sp³-hybridized carbons (Fsp3) is 0.462. The molecule has 2 N–H and O–H groups in total. The third-order valence-corrected chi connectivity index (χ3v) is 3.49. The highest BCUT2D eigenvalue weighted by Gasteiger charge is 2.13. The number of thiazole rings is 1. The van der Waals surface area contributed by atoms with Crippen LogP contribution >= 0.6 is 11.3 Å². The topological polar surface area (TPSA) is 64.7 Å². The molecule has 4 nitrogen and oxygen atoms in total. The Labute approximate surface area is 111 Å². The van der Waals surface area contributed by atoms with Crippen LogP contribution in [-0.4, -0.2) is 21.5 Å². The molecule has 0 saturated heterocycles. The Kier molecular flexibility index (Phi) is 4.38. The van der Waals surface area contributed by atoms with Gasteiger partial charge < -0.3 is 5.73 Å². The standard InChI is InChI=1S/C13H18N4S/c1-3-10-9(5-6-14)11(4-2)17-13(16-10)12-7-18-8-15-12/h7-8H,3-6,14H2,1-2H3. The summed E-state index contributed by atoms with van der Waals surface area (Å²) in [6.07, 6.45) is 2.66. The van der Waals surface area contributed by atoms with Gasteiger partial charge in [-0.25, -0.2) is 15.0 Å². The Morgan fingerprint density at radius 2 is 1.83 bits per heavy atom. The Bertz CT molecular complexity index is 483. The quantitative estimate of drug-likeness (QED) is 0.897. The maximum absolute atomic E-state index is 5.67. The van der Waals surface area contributed by atoms with E-state index < -0.39 is 0 Å². The van der Waals surface area contributed by atoms with Crippen molar-refractivity contribution in [3.63, 3.8) is 0 Å². The predicted molar refractivity (Wildman–Crippen MR) is 74.7 cm³/mol. The van der Waals surface area contributed by atoms with Gasteiger partial charge in [0.15, 0.2) is 5.82 Å². The number of rotatable bonds is 5. The number of nitrogens with two attached hydrogens (primary N) is 1. The van der Waals surface area contributed by atoms with Crippen molar-refractivity contribution in [1.29, 1.82) is 0 Å². The van der Waals surface area contributed by atoms with Crippen molar-refractivity contribution in [2.24, 2.45) is 5.73 Å². The molecule has 2 aromatic rings. The second kappa shape index (κ2) is 6.02. The lowest BCUT2D eigenvalue weighted by molar-refractivity contribution is 0.843. The minimum atomic E-state index is 0.638. The van der Waals surface area contributed by atoms with Crippen LogP contribution in [0.2, 0.25) is 0 Å². The van der Waals surface area contributed by atoms with Crippen molar-refractivity contribution in [1.82, 2.24) is 15.0 Å². The Morgan fingerprint density at radius 3 is 2.28 bits per heavy atom. The minimum Gasteiger partial charge on any atom is -0.330 e. The molecule has 0 aliphatic rings. The summed E-state index contributed by atoms with van der Waals surface area (Å²) in [6, 6.07) is 0. The van der Waals surface area contributed by atoms with E-state index in [-0.39, 0.29) is 0 Å².